The van der Waals surface area contributed by atoms with Crippen molar-refractivity contribution in [1.29, 1.82) is 0 Å². The van der Waals surface area contributed by atoms with Gasteiger partial charge in [0.1, 0.15) is 0 Å². The third-order valence-electron chi connectivity index (χ3n) is 7.06. The molecule has 8 heteroatoms. The molecule has 1 aliphatic rings. The second-order valence-corrected chi connectivity index (χ2v) is 9.84. The number of aromatic amines is 1. The van der Waals surface area contributed by atoms with Crippen molar-refractivity contribution < 1.29 is 4.74 Å². The molecule has 188 valence electrons. The number of nitrogens with one attached hydrogen (secondary N) is 1. The number of ether oxygens (including phenoxy) is 1. The lowest BCUT2D eigenvalue weighted by Gasteiger charge is -2.30. The molecule has 4 aromatic rings. The largest absolute Gasteiger partial charge is 0.376 e. The number of hydrogen-bond donors (Lipinski definition) is 1. The minimum atomic E-state index is -0.0593. The number of pyridine rings is 1. The van der Waals surface area contributed by atoms with Crippen LogP contribution in [-0.4, -0.2) is 42.8 Å². The van der Waals surface area contributed by atoms with Crippen molar-refractivity contribution in [2.45, 2.75) is 71.8 Å². The van der Waals surface area contributed by atoms with Gasteiger partial charge in [-0.3, -0.25) is 9.69 Å². The van der Waals surface area contributed by atoms with E-state index < -0.39 is 0 Å². The molecule has 0 aliphatic carbocycles. The normalized spacial score (nSPS) is 16.7. The van der Waals surface area contributed by atoms with Crippen molar-refractivity contribution in [3.63, 3.8) is 0 Å². The van der Waals surface area contributed by atoms with Crippen LogP contribution in [0.15, 0.2) is 53.3 Å². The number of fused-ring (bicyclic) bond motifs is 1. The van der Waals surface area contributed by atoms with Gasteiger partial charge in [0.2, 0.25) is 0 Å². The third-order valence-corrected chi connectivity index (χ3v) is 7.06. The van der Waals surface area contributed by atoms with Gasteiger partial charge in [-0.15, -0.1) is 5.10 Å². The maximum atomic E-state index is 13.2. The summed E-state index contributed by atoms with van der Waals surface area (Å²) in [4.78, 5) is 18.7. The Labute approximate surface area is 211 Å². The molecule has 1 N–H and O–H groups in total. The van der Waals surface area contributed by atoms with Gasteiger partial charge in [-0.05, 0) is 72.2 Å². The predicted octanol–water partition coefficient (Wildman–Crippen LogP) is 4.46. The van der Waals surface area contributed by atoms with Gasteiger partial charge in [-0.25, -0.2) is 4.68 Å². The van der Waals surface area contributed by atoms with E-state index >= 15 is 0 Å². The molecule has 0 unspecified atom stereocenters. The summed E-state index contributed by atoms with van der Waals surface area (Å²) >= 11 is 0. The molecule has 0 bridgehead atoms. The molecule has 0 radical (unpaired) electrons. The van der Waals surface area contributed by atoms with Gasteiger partial charge in [-0.1, -0.05) is 48.9 Å². The zero-order chi connectivity index (χ0) is 25.1. The van der Waals surface area contributed by atoms with Crippen LogP contribution in [0.3, 0.4) is 0 Å². The van der Waals surface area contributed by atoms with E-state index in [1.165, 1.54) is 11.1 Å². The molecule has 1 fully saturated rings. The molecule has 0 spiro atoms. The van der Waals surface area contributed by atoms with Crippen molar-refractivity contribution in [2.75, 3.05) is 6.61 Å². The Hall–Kier alpha value is -3.36. The van der Waals surface area contributed by atoms with Crippen LogP contribution < -0.4 is 5.56 Å². The number of tetrazole rings is 1. The lowest BCUT2D eigenvalue weighted by atomic mass is 10.0. The number of hydrogen-bond acceptors (Lipinski definition) is 6. The van der Waals surface area contributed by atoms with Crippen molar-refractivity contribution >= 4 is 10.9 Å². The highest BCUT2D eigenvalue weighted by molar-refractivity contribution is 5.82. The average molecular weight is 487 g/mol. The van der Waals surface area contributed by atoms with Gasteiger partial charge in [0.05, 0.1) is 24.2 Å². The minimum Gasteiger partial charge on any atom is -0.376 e. The number of aryl methyl sites for hydroxylation is 2. The summed E-state index contributed by atoms with van der Waals surface area (Å²) < 4.78 is 7.74. The van der Waals surface area contributed by atoms with Crippen molar-refractivity contribution in [3.05, 3.63) is 87.0 Å². The Morgan fingerprint density at radius 3 is 2.75 bits per heavy atom. The summed E-state index contributed by atoms with van der Waals surface area (Å²) in [5.41, 5.74) is 5.02. The summed E-state index contributed by atoms with van der Waals surface area (Å²) in [5.74, 6) is 0.813. The number of H-pyrrole nitrogens is 1. The molecule has 2 aromatic carbocycles. The van der Waals surface area contributed by atoms with Crippen molar-refractivity contribution in [1.82, 2.24) is 30.1 Å². The molecule has 2 atom stereocenters. The van der Waals surface area contributed by atoms with Crippen LogP contribution in [0.1, 0.15) is 60.3 Å². The molecule has 5 rings (SSSR count). The molecule has 36 heavy (non-hydrogen) atoms. The first-order valence-electron chi connectivity index (χ1n) is 12.8. The Bertz CT molecular complexity index is 1370. The summed E-state index contributed by atoms with van der Waals surface area (Å²) in [5, 5.41) is 13.8. The van der Waals surface area contributed by atoms with Crippen molar-refractivity contribution in [3.8, 4) is 0 Å². The fourth-order valence-corrected chi connectivity index (χ4v) is 5.33. The Balaban J connectivity index is 1.51. The van der Waals surface area contributed by atoms with Crippen LogP contribution >= 0.6 is 0 Å². The summed E-state index contributed by atoms with van der Waals surface area (Å²) in [6.45, 7) is 8.86. The molecule has 1 saturated heterocycles. The topological polar surface area (TPSA) is 88.9 Å². The van der Waals surface area contributed by atoms with Crippen LogP contribution in [0.5, 0.6) is 0 Å². The molecule has 0 amide bonds. The molecular formula is C28H34N6O2. The molecule has 2 aromatic heterocycles. The first-order chi connectivity index (χ1) is 17.5. The minimum absolute atomic E-state index is 0.0543. The zero-order valence-corrected chi connectivity index (χ0v) is 21.3. The SMILES string of the molecule is CC[C@@H](c1nnnn1C[C@@H]1CCCO1)N(Cc1ccccc1)Cc1cc2cc(C)cc(C)c2[nH]c1=O. The van der Waals surface area contributed by atoms with Gasteiger partial charge in [-0.2, -0.15) is 0 Å². The molecule has 8 nitrogen and oxygen atoms in total. The molecule has 0 saturated carbocycles. The highest BCUT2D eigenvalue weighted by Crippen LogP contribution is 2.28. The number of aromatic nitrogens is 5. The zero-order valence-electron chi connectivity index (χ0n) is 21.3. The molecular weight excluding hydrogens is 452 g/mol. The van der Waals surface area contributed by atoms with Gasteiger partial charge in [0, 0.05) is 25.3 Å². The van der Waals surface area contributed by atoms with Crippen LogP contribution in [0.25, 0.3) is 10.9 Å². The Morgan fingerprint density at radius 2 is 2.00 bits per heavy atom. The van der Waals surface area contributed by atoms with Crippen molar-refractivity contribution in [2.24, 2.45) is 0 Å². The second-order valence-electron chi connectivity index (χ2n) is 9.84. The van der Waals surface area contributed by atoms with Gasteiger partial charge < -0.3 is 9.72 Å². The number of rotatable bonds is 9. The second kappa shape index (κ2) is 10.7. The third kappa shape index (κ3) is 5.24. The maximum absolute atomic E-state index is 13.2. The van der Waals surface area contributed by atoms with Gasteiger partial charge in [0.15, 0.2) is 5.82 Å². The number of nitrogens with zero attached hydrogens (tertiary/aromatic N) is 5. The van der Waals surface area contributed by atoms with E-state index in [2.05, 4.69) is 63.5 Å². The lowest BCUT2D eigenvalue weighted by Crippen LogP contribution is -2.33. The quantitative estimate of drug-likeness (QED) is 0.376. The van der Waals surface area contributed by atoms with E-state index in [1.54, 1.807) is 0 Å². The summed E-state index contributed by atoms with van der Waals surface area (Å²) in [6, 6.07) is 16.5. The van der Waals surface area contributed by atoms with E-state index in [4.69, 9.17) is 4.74 Å². The summed E-state index contributed by atoms with van der Waals surface area (Å²) in [7, 11) is 0. The highest BCUT2D eigenvalue weighted by Gasteiger charge is 2.28. The predicted molar refractivity (Wildman–Crippen MR) is 140 cm³/mol. The maximum Gasteiger partial charge on any atom is 0.252 e. The smallest absolute Gasteiger partial charge is 0.252 e. The Kier molecular flexibility index (Phi) is 7.25. The molecule has 3 heterocycles. The highest BCUT2D eigenvalue weighted by atomic mass is 16.5. The van der Waals surface area contributed by atoms with Crippen LogP contribution in [0.2, 0.25) is 0 Å². The van der Waals surface area contributed by atoms with E-state index in [-0.39, 0.29) is 17.7 Å². The van der Waals surface area contributed by atoms with Gasteiger partial charge in [0.25, 0.3) is 5.56 Å². The fraction of sp³-hybridized carbons (Fsp3) is 0.429. The van der Waals surface area contributed by atoms with E-state index in [1.807, 2.05) is 35.9 Å². The van der Waals surface area contributed by atoms with E-state index in [0.29, 0.717) is 19.6 Å². The van der Waals surface area contributed by atoms with Crippen LogP contribution in [0, 0.1) is 13.8 Å². The number of benzene rings is 2. The van der Waals surface area contributed by atoms with E-state index in [0.717, 1.165) is 53.7 Å². The molecule has 1 aliphatic heterocycles. The van der Waals surface area contributed by atoms with E-state index in [9.17, 15) is 4.79 Å². The fourth-order valence-electron chi connectivity index (χ4n) is 5.33. The van der Waals surface area contributed by atoms with Crippen LogP contribution in [-0.2, 0) is 24.4 Å². The van der Waals surface area contributed by atoms with Gasteiger partial charge >= 0.3 is 0 Å². The summed E-state index contributed by atoms with van der Waals surface area (Å²) in [6.07, 6.45) is 3.04. The Morgan fingerprint density at radius 1 is 1.17 bits per heavy atom. The first kappa shape index (κ1) is 24.3. The average Bonchev–Trinajstić information content (AvgIpc) is 3.54. The van der Waals surface area contributed by atoms with Crippen LogP contribution in [0.4, 0.5) is 0 Å². The standard InChI is InChI=1S/C28H34N6O2/c1-4-25(27-30-31-32-34(27)18-24-11-8-12-36-24)33(16-21-9-6-5-7-10-21)17-23-15-22-14-19(2)13-20(3)26(22)29-28(23)35/h5-7,9-10,13-15,24-25H,4,8,11-12,16-18H2,1-3H3,(H,29,35)/t24-,25-/m0/s1. The lowest BCUT2D eigenvalue weighted by molar-refractivity contribution is 0.0888. The first-order valence-corrected chi connectivity index (χ1v) is 12.8. The monoisotopic (exact) mass is 486 g/mol.